The predicted octanol–water partition coefficient (Wildman–Crippen LogP) is 0.714. The van der Waals surface area contributed by atoms with Crippen molar-refractivity contribution in [3.63, 3.8) is 0 Å². The highest BCUT2D eigenvalue weighted by Gasteiger charge is 2.26. The van der Waals surface area contributed by atoms with Gasteiger partial charge >= 0.3 is 6.03 Å². The minimum Gasteiger partial charge on any atom is -0.396 e. The highest BCUT2D eigenvalue weighted by atomic mass is 19.1. The number of hydrogen-bond acceptors (Lipinski definition) is 3. The Balaban J connectivity index is 1.94. The molecule has 1 saturated heterocycles. The summed E-state index contributed by atoms with van der Waals surface area (Å²) in [7, 11) is 1.68. The van der Waals surface area contributed by atoms with E-state index in [4.69, 9.17) is 5.73 Å². The lowest BCUT2D eigenvalue weighted by Crippen LogP contribution is -2.36. The molecule has 2 rings (SSSR count). The lowest BCUT2D eigenvalue weighted by atomic mass is 10.2. The number of nitrogens with one attached hydrogen (secondary N) is 1. The van der Waals surface area contributed by atoms with Crippen LogP contribution in [0.5, 0.6) is 0 Å². The van der Waals surface area contributed by atoms with Crippen LogP contribution in [0.15, 0.2) is 18.2 Å². The molecule has 102 valence electrons. The van der Waals surface area contributed by atoms with E-state index in [9.17, 15) is 14.0 Å². The lowest BCUT2D eigenvalue weighted by Gasteiger charge is -2.15. The second-order valence-corrected chi connectivity index (χ2v) is 4.41. The zero-order valence-corrected chi connectivity index (χ0v) is 10.5. The SMILES string of the molecule is CN1CCN(CC(=O)Nc2ccc(F)c(N)c2)C1=O. The Kier molecular flexibility index (Phi) is 3.55. The number of likely N-dealkylation sites (N-methyl/N-ethyl adjacent to an activating group) is 1. The van der Waals surface area contributed by atoms with Crippen molar-refractivity contribution in [1.29, 1.82) is 0 Å². The molecule has 0 bridgehead atoms. The molecule has 6 nitrogen and oxygen atoms in total. The van der Waals surface area contributed by atoms with Crippen molar-refractivity contribution >= 4 is 23.3 Å². The molecule has 0 aromatic heterocycles. The van der Waals surface area contributed by atoms with Gasteiger partial charge in [0.15, 0.2) is 0 Å². The molecule has 1 aliphatic heterocycles. The van der Waals surface area contributed by atoms with E-state index in [0.29, 0.717) is 18.8 Å². The van der Waals surface area contributed by atoms with Crippen molar-refractivity contribution in [2.24, 2.45) is 0 Å². The number of halogens is 1. The van der Waals surface area contributed by atoms with Crippen LogP contribution in [0.3, 0.4) is 0 Å². The van der Waals surface area contributed by atoms with Gasteiger partial charge in [-0.3, -0.25) is 4.79 Å². The summed E-state index contributed by atoms with van der Waals surface area (Å²) in [6.07, 6.45) is 0. The topological polar surface area (TPSA) is 78.7 Å². The standard InChI is InChI=1S/C12H15FN4O2/c1-16-4-5-17(12(16)19)7-11(18)15-8-2-3-9(13)10(14)6-8/h2-3,6H,4-5,7,14H2,1H3,(H,15,18). The average molecular weight is 266 g/mol. The number of nitrogens with zero attached hydrogens (tertiary/aromatic N) is 2. The summed E-state index contributed by atoms with van der Waals surface area (Å²) in [5, 5.41) is 2.57. The number of carbonyl (C=O) groups is 2. The molecule has 3 N–H and O–H groups in total. The van der Waals surface area contributed by atoms with Gasteiger partial charge in [-0.1, -0.05) is 0 Å². The van der Waals surface area contributed by atoms with E-state index in [1.54, 1.807) is 11.9 Å². The lowest BCUT2D eigenvalue weighted by molar-refractivity contribution is -0.116. The number of carbonyl (C=O) groups excluding carboxylic acids is 2. The number of rotatable bonds is 3. The molecule has 3 amide bonds. The minimum atomic E-state index is -0.533. The maximum Gasteiger partial charge on any atom is 0.320 e. The summed E-state index contributed by atoms with van der Waals surface area (Å²) in [6.45, 7) is 1.10. The van der Waals surface area contributed by atoms with Crippen molar-refractivity contribution in [3.05, 3.63) is 24.0 Å². The summed E-state index contributed by atoms with van der Waals surface area (Å²) in [5.41, 5.74) is 5.78. The van der Waals surface area contributed by atoms with Crippen LogP contribution in [0.4, 0.5) is 20.6 Å². The molecule has 0 aliphatic carbocycles. The van der Waals surface area contributed by atoms with Crippen LogP contribution in [-0.2, 0) is 4.79 Å². The van der Waals surface area contributed by atoms with Crippen molar-refractivity contribution in [1.82, 2.24) is 9.80 Å². The first-order chi connectivity index (χ1) is 8.97. The van der Waals surface area contributed by atoms with Crippen LogP contribution < -0.4 is 11.1 Å². The zero-order chi connectivity index (χ0) is 14.0. The highest BCUT2D eigenvalue weighted by molar-refractivity contribution is 5.95. The predicted molar refractivity (Wildman–Crippen MR) is 69.0 cm³/mol. The molecule has 1 heterocycles. The summed E-state index contributed by atoms with van der Waals surface area (Å²) >= 11 is 0. The Morgan fingerprint density at radius 2 is 2.21 bits per heavy atom. The summed E-state index contributed by atoms with van der Waals surface area (Å²) < 4.78 is 13.0. The first-order valence-corrected chi connectivity index (χ1v) is 5.82. The van der Waals surface area contributed by atoms with Crippen molar-refractivity contribution in [3.8, 4) is 0 Å². The van der Waals surface area contributed by atoms with Crippen LogP contribution in [0.25, 0.3) is 0 Å². The van der Waals surface area contributed by atoms with Gasteiger partial charge in [-0.05, 0) is 18.2 Å². The van der Waals surface area contributed by atoms with Crippen LogP contribution in [0.2, 0.25) is 0 Å². The molecule has 0 saturated carbocycles. The minimum absolute atomic E-state index is 0.0273. The number of nitrogens with two attached hydrogens (primary N) is 1. The number of amides is 3. The Morgan fingerprint density at radius 3 is 2.79 bits per heavy atom. The number of anilines is 2. The molecule has 0 atom stereocenters. The van der Waals surface area contributed by atoms with Gasteiger partial charge in [-0.15, -0.1) is 0 Å². The maximum absolute atomic E-state index is 13.0. The molecule has 19 heavy (non-hydrogen) atoms. The summed E-state index contributed by atoms with van der Waals surface area (Å²) in [6, 6.07) is 3.76. The van der Waals surface area contributed by atoms with E-state index in [1.165, 1.54) is 23.1 Å². The maximum atomic E-state index is 13.0. The zero-order valence-electron chi connectivity index (χ0n) is 10.5. The third-order valence-corrected chi connectivity index (χ3v) is 2.92. The fourth-order valence-corrected chi connectivity index (χ4v) is 1.85. The van der Waals surface area contributed by atoms with E-state index in [-0.39, 0.29) is 24.2 Å². The Morgan fingerprint density at radius 1 is 1.47 bits per heavy atom. The summed E-state index contributed by atoms with van der Waals surface area (Å²) in [5.74, 6) is -0.871. The number of urea groups is 1. The molecule has 0 radical (unpaired) electrons. The average Bonchev–Trinajstić information content (AvgIpc) is 2.66. The molecule has 0 spiro atoms. The first kappa shape index (κ1) is 13.1. The Bertz CT molecular complexity index is 520. The molecule has 0 unspecified atom stereocenters. The quantitative estimate of drug-likeness (QED) is 0.791. The number of benzene rings is 1. The third-order valence-electron chi connectivity index (χ3n) is 2.92. The second kappa shape index (κ2) is 5.13. The summed E-state index contributed by atoms with van der Waals surface area (Å²) in [4.78, 5) is 26.3. The molecule has 1 fully saturated rings. The van der Waals surface area contributed by atoms with Gasteiger partial charge in [0.1, 0.15) is 12.4 Å². The van der Waals surface area contributed by atoms with Crippen molar-refractivity contribution in [2.75, 3.05) is 37.7 Å². The second-order valence-electron chi connectivity index (χ2n) is 4.41. The molecule has 1 aliphatic rings. The first-order valence-electron chi connectivity index (χ1n) is 5.82. The third kappa shape index (κ3) is 2.93. The van der Waals surface area contributed by atoms with E-state index in [1.807, 2.05) is 0 Å². The van der Waals surface area contributed by atoms with Crippen LogP contribution >= 0.6 is 0 Å². The highest BCUT2D eigenvalue weighted by Crippen LogP contribution is 2.16. The Hall–Kier alpha value is -2.31. The molecule has 1 aromatic rings. The van der Waals surface area contributed by atoms with Gasteiger partial charge in [-0.25, -0.2) is 9.18 Å². The Labute approximate surface area is 110 Å². The van der Waals surface area contributed by atoms with Crippen molar-refractivity contribution < 1.29 is 14.0 Å². The molecule has 1 aromatic carbocycles. The van der Waals surface area contributed by atoms with Crippen LogP contribution in [0.1, 0.15) is 0 Å². The monoisotopic (exact) mass is 266 g/mol. The fourth-order valence-electron chi connectivity index (χ4n) is 1.85. The van der Waals surface area contributed by atoms with E-state index in [0.717, 1.165) is 0 Å². The van der Waals surface area contributed by atoms with Gasteiger partial charge in [0.05, 0.1) is 5.69 Å². The van der Waals surface area contributed by atoms with E-state index >= 15 is 0 Å². The van der Waals surface area contributed by atoms with Gasteiger partial charge in [0.25, 0.3) is 0 Å². The number of hydrogen-bond donors (Lipinski definition) is 2. The smallest absolute Gasteiger partial charge is 0.320 e. The largest absolute Gasteiger partial charge is 0.396 e. The number of nitrogen functional groups attached to an aromatic ring is 1. The van der Waals surface area contributed by atoms with Crippen molar-refractivity contribution in [2.45, 2.75) is 0 Å². The molecular formula is C12H15FN4O2. The van der Waals surface area contributed by atoms with Gasteiger partial charge in [-0.2, -0.15) is 0 Å². The van der Waals surface area contributed by atoms with E-state index in [2.05, 4.69) is 5.32 Å². The fraction of sp³-hybridized carbons (Fsp3) is 0.333. The molecular weight excluding hydrogens is 251 g/mol. The molecule has 7 heteroatoms. The van der Waals surface area contributed by atoms with Gasteiger partial charge in [0, 0.05) is 25.8 Å². The normalized spacial score (nSPS) is 14.9. The van der Waals surface area contributed by atoms with Crippen LogP contribution in [-0.4, -0.2) is 48.4 Å². The van der Waals surface area contributed by atoms with Gasteiger partial charge < -0.3 is 20.9 Å². The van der Waals surface area contributed by atoms with Gasteiger partial charge in [0.2, 0.25) is 5.91 Å². The van der Waals surface area contributed by atoms with Crippen LogP contribution in [0, 0.1) is 5.82 Å². The van der Waals surface area contributed by atoms with E-state index < -0.39 is 5.82 Å².